The molecule has 0 radical (unpaired) electrons. The number of amides is 1. The summed E-state index contributed by atoms with van der Waals surface area (Å²) < 4.78 is 5.91. The molecule has 0 heterocycles. The summed E-state index contributed by atoms with van der Waals surface area (Å²) >= 11 is 0. The van der Waals surface area contributed by atoms with Gasteiger partial charge in [0.2, 0.25) is 5.91 Å². The summed E-state index contributed by atoms with van der Waals surface area (Å²) in [5, 5.41) is 11.0. The van der Waals surface area contributed by atoms with Crippen LogP contribution in [0.25, 0.3) is 0 Å². The predicted octanol–water partition coefficient (Wildman–Crippen LogP) is 11.7. The van der Waals surface area contributed by atoms with Crippen LogP contribution in [-0.4, -0.2) is 35.6 Å². The minimum atomic E-state index is -1.02. The molecule has 0 rings (SSSR count). The minimum absolute atomic E-state index is 0.0793. The number of allylic oxidation sites excluding steroid dienone is 9. The Morgan fingerprint density at radius 3 is 1.69 bits per heavy atom. The number of unbranched alkanes of at least 4 members (excludes halogenated alkanes) is 15. The van der Waals surface area contributed by atoms with Gasteiger partial charge in [-0.2, -0.15) is 0 Å². The van der Waals surface area contributed by atoms with Crippen molar-refractivity contribution < 1.29 is 24.2 Å². The molecule has 0 saturated heterocycles. The Bertz CT molecular complexity index is 917. The van der Waals surface area contributed by atoms with Crippen LogP contribution in [0, 0.1) is 0 Å². The average molecular weight is 670 g/mol. The fourth-order valence-corrected chi connectivity index (χ4v) is 5.30. The highest BCUT2D eigenvalue weighted by Gasteiger charge is 2.11. The van der Waals surface area contributed by atoms with Crippen molar-refractivity contribution in [1.82, 2.24) is 5.32 Å². The third-order valence-electron chi connectivity index (χ3n) is 8.16. The van der Waals surface area contributed by atoms with Crippen LogP contribution in [0.5, 0.6) is 0 Å². The summed E-state index contributed by atoms with van der Waals surface area (Å²) in [4.78, 5) is 34.8. The lowest BCUT2D eigenvalue weighted by atomic mass is 10.0. The first kappa shape index (κ1) is 45.1. The topological polar surface area (TPSA) is 92.7 Å². The molecular weight excluding hydrogens is 598 g/mol. The fraction of sp³-hybridized carbons (Fsp3) is 0.690. The second-order valence-electron chi connectivity index (χ2n) is 12.8. The zero-order valence-corrected chi connectivity index (χ0v) is 30.8. The summed E-state index contributed by atoms with van der Waals surface area (Å²) in [6, 6.07) is 0. The number of nitrogens with one attached hydrogen (secondary N) is 1. The molecule has 2 N–H and O–H groups in total. The van der Waals surface area contributed by atoms with E-state index in [0.29, 0.717) is 12.8 Å². The van der Waals surface area contributed by atoms with Gasteiger partial charge < -0.3 is 15.2 Å². The molecule has 6 nitrogen and oxygen atoms in total. The highest BCUT2D eigenvalue weighted by atomic mass is 16.5. The molecule has 6 heteroatoms. The van der Waals surface area contributed by atoms with Gasteiger partial charge in [-0.05, 0) is 83.1 Å². The quantitative estimate of drug-likeness (QED) is 0.0404. The van der Waals surface area contributed by atoms with Crippen LogP contribution < -0.4 is 5.32 Å². The smallest absolute Gasteiger partial charge is 0.322 e. The molecule has 1 unspecified atom stereocenters. The van der Waals surface area contributed by atoms with E-state index in [9.17, 15) is 14.4 Å². The van der Waals surface area contributed by atoms with Crippen LogP contribution in [0.2, 0.25) is 0 Å². The molecule has 0 spiro atoms. The second-order valence-corrected chi connectivity index (χ2v) is 12.8. The van der Waals surface area contributed by atoms with E-state index in [4.69, 9.17) is 9.84 Å². The molecule has 0 fully saturated rings. The Morgan fingerprint density at radius 1 is 0.583 bits per heavy atom. The summed E-state index contributed by atoms with van der Waals surface area (Å²) in [6.07, 6.45) is 47.8. The normalized spacial score (nSPS) is 12.7. The van der Waals surface area contributed by atoms with Crippen molar-refractivity contribution in [3.8, 4) is 0 Å². The second kappa shape index (κ2) is 36.9. The number of aliphatic carboxylic acids is 1. The molecule has 48 heavy (non-hydrogen) atoms. The standard InChI is InChI=1S/C42H71NO5/c1-3-5-7-9-11-13-14-15-16-17-18-19-20-21-23-29-33-37-42(47)48-39(34-30-26-22-12-10-8-6-4-2)35-31-27-24-25-28-32-36-40(44)43-38-41(45)46/h5,7,11,13,15-16,18-19,30,34,39H,3-4,6,8-10,12,14,17,20-29,31-33,35-38H2,1-2H3,(H,43,44)(H,45,46)/b7-5-,13-11-,16-15-,19-18-,34-30-. The van der Waals surface area contributed by atoms with E-state index < -0.39 is 5.97 Å². The Hall–Kier alpha value is -2.89. The predicted molar refractivity (Wildman–Crippen MR) is 203 cm³/mol. The molecule has 0 aromatic rings. The monoisotopic (exact) mass is 670 g/mol. The van der Waals surface area contributed by atoms with Crippen molar-refractivity contribution in [2.45, 2.75) is 180 Å². The van der Waals surface area contributed by atoms with Crippen molar-refractivity contribution >= 4 is 17.8 Å². The number of carbonyl (C=O) groups is 3. The molecule has 0 aliphatic heterocycles. The lowest BCUT2D eigenvalue weighted by Crippen LogP contribution is -2.28. The first-order valence-corrected chi connectivity index (χ1v) is 19.4. The largest absolute Gasteiger partial charge is 0.480 e. The van der Waals surface area contributed by atoms with Gasteiger partial charge in [-0.1, -0.05) is 139 Å². The van der Waals surface area contributed by atoms with Crippen molar-refractivity contribution in [3.05, 3.63) is 60.8 Å². The van der Waals surface area contributed by atoms with Gasteiger partial charge in [0.15, 0.2) is 0 Å². The third kappa shape index (κ3) is 36.0. The lowest BCUT2D eigenvalue weighted by Gasteiger charge is -2.15. The van der Waals surface area contributed by atoms with Gasteiger partial charge in [0.05, 0.1) is 0 Å². The van der Waals surface area contributed by atoms with Gasteiger partial charge in [0.25, 0.3) is 0 Å². The van der Waals surface area contributed by atoms with E-state index in [1.807, 2.05) is 0 Å². The van der Waals surface area contributed by atoms with Crippen LogP contribution in [0.3, 0.4) is 0 Å². The number of esters is 1. The molecule has 0 saturated carbocycles. The molecule has 0 aromatic carbocycles. The number of rotatable bonds is 34. The van der Waals surface area contributed by atoms with Gasteiger partial charge in [-0.15, -0.1) is 0 Å². The van der Waals surface area contributed by atoms with Gasteiger partial charge >= 0.3 is 11.9 Å². The molecule has 1 amide bonds. The summed E-state index contributed by atoms with van der Waals surface area (Å²) in [5.41, 5.74) is 0. The van der Waals surface area contributed by atoms with Crippen molar-refractivity contribution in [2.24, 2.45) is 0 Å². The maximum absolute atomic E-state index is 12.6. The summed E-state index contributed by atoms with van der Waals surface area (Å²) in [6.45, 7) is 4.08. The van der Waals surface area contributed by atoms with Gasteiger partial charge in [0.1, 0.15) is 12.6 Å². The van der Waals surface area contributed by atoms with Crippen LogP contribution >= 0.6 is 0 Å². The highest BCUT2D eigenvalue weighted by molar-refractivity contribution is 5.80. The molecule has 0 bridgehead atoms. The first-order chi connectivity index (χ1) is 23.5. The summed E-state index contributed by atoms with van der Waals surface area (Å²) in [7, 11) is 0. The Kier molecular flexibility index (Phi) is 34.7. The highest BCUT2D eigenvalue weighted by Crippen LogP contribution is 2.15. The van der Waals surface area contributed by atoms with Crippen molar-refractivity contribution in [3.63, 3.8) is 0 Å². The van der Waals surface area contributed by atoms with Crippen molar-refractivity contribution in [2.75, 3.05) is 6.54 Å². The van der Waals surface area contributed by atoms with E-state index in [-0.39, 0.29) is 24.5 Å². The maximum atomic E-state index is 12.6. The molecule has 0 aliphatic carbocycles. The third-order valence-corrected chi connectivity index (χ3v) is 8.16. The zero-order chi connectivity index (χ0) is 35.2. The molecule has 0 aromatic heterocycles. The summed E-state index contributed by atoms with van der Waals surface area (Å²) in [5.74, 6) is -1.30. The van der Waals surface area contributed by atoms with Gasteiger partial charge in [-0.3, -0.25) is 14.4 Å². The number of carboxylic acids is 1. The van der Waals surface area contributed by atoms with Gasteiger partial charge in [0, 0.05) is 12.8 Å². The van der Waals surface area contributed by atoms with Crippen LogP contribution in [0.4, 0.5) is 0 Å². The molecular formula is C42H71NO5. The zero-order valence-electron chi connectivity index (χ0n) is 30.8. The number of carboxylic acid groups (broad SMARTS) is 1. The lowest BCUT2D eigenvalue weighted by molar-refractivity contribution is -0.147. The van der Waals surface area contributed by atoms with E-state index in [0.717, 1.165) is 109 Å². The van der Waals surface area contributed by atoms with E-state index in [1.54, 1.807) is 0 Å². The number of ether oxygens (including phenoxy) is 1. The van der Waals surface area contributed by atoms with Crippen LogP contribution in [-0.2, 0) is 19.1 Å². The molecule has 274 valence electrons. The Balaban J connectivity index is 4.20. The number of carbonyl (C=O) groups excluding carboxylic acids is 2. The van der Waals surface area contributed by atoms with Gasteiger partial charge in [-0.25, -0.2) is 0 Å². The average Bonchev–Trinajstić information content (AvgIpc) is 3.07. The van der Waals surface area contributed by atoms with E-state index in [2.05, 4.69) is 79.9 Å². The minimum Gasteiger partial charge on any atom is -0.480 e. The first-order valence-electron chi connectivity index (χ1n) is 19.4. The molecule has 0 aliphatic rings. The number of hydrogen-bond acceptors (Lipinski definition) is 4. The molecule has 1 atom stereocenters. The fourth-order valence-electron chi connectivity index (χ4n) is 5.30. The van der Waals surface area contributed by atoms with Crippen molar-refractivity contribution in [1.29, 1.82) is 0 Å². The Morgan fingerprint density at radius 2 is 1.08 bits per heavy atom. The Labute approximate surface area is 294 Å². The number of hydrogen-bond donors (Lipinski definition) is 2. The van der Waals surface area contributed by atoms with Crippen LogP contribution in [0.15, 0.2) is 60.8 Å². The maximum Gasteiger partial charge on any atom is 0.322 e. The SMILES string of the molecule is CC/C=C\C/C=C\C/C=C\C/C=C\CCCCCCC(=O)OC(/C=C\CCCCCCCC)CCCCCCCCC(=O)NCC(=O)O. The van der Waals surface area contributed by atoms with Crippen LogP contribution in [0.1, 0.15) is 174 Å². The van der Waals surface area contributed by atoms with E-state index in [1.165, 1.54) is 38.5 Å². The van der Waals surface area contributed by atoms with E-state index >= 15 is 0 Å².